The minimum Gasteiger partial charge on any atom is -0.272 e. The Morgan fingerprint density at radius 2 is 1.86 bits per heavy atom. The third-order valence-electron chi connectivity index (χ3n) is 3.44. The zero-order chi connectivity index (χ0) is 15.6. The molecule has 2 rings (SSSR count). The number of nitrogens with one attached hydrogen (secondary N) is 1. The van der Waals surface area contributed by atoms with Crippen LogP contribution in [0.5, 0.6) is 0 Å². The molecule has 6 heteroatoms. The highest BCUT2D eigenvalue weighted by Gasteiger charge is 2.20. The third kappa shape index (κ3) is 3.51. The van der Waals surface area contributed by atoms with Crippen LogP contribution in [0.4, 0.5) is 0 Å². The van der Waals surface area contributed by atoms with Gasteiger partial charge in [0.25, 0.3) is 0 Å². The standard InChI is InChI=1S/C15H21N3O2S/c1-5-18-10-15(12(3)16-18)13(4)17-21(19,20)14-8-6-11(2)7-9-14/h6-10,13,17H,5H2,1-4H3. The van der Waals surface area contributed by atoms with Crippen molar-refractivity contribution in [1.82, 2.24) is 14.5 Å². The van der Waals surface area contributed by atoms with Gasteiger partial charge in [-0.2, -0.15) is 5.10 Å². The second-order valence-electron chi connectivity index (χ2n) is 5.18. The number of hydrogen-bond donors (Lipinski definition) is 1. The van der Waals surface area contributed by atoms with Crippen molar-refractivity contribution in [3.63, 3.8) is 0 Å². The molecule has 0 saturated carbocycles. The van der Waals surface area contributed by atoms with Crippen LogP contribution < -0.4 is 4.72 Å². The summed E-state index contributed by atoms with van der Waals surface area (Å²) in [5.74, 6) is 0. The van der Waals surface area contributed by atoms with Gasteiger partial charge in [0.2, 0.25) is 10.0 Å². The van der Waals surface area contributed by atoms with Crippen molar-refractivity contribution in [3.05, 3.63) is 47.3 Å². The molecule has 0 fully saturated rings. The summed E-state index contributed by atoms with van der Waals surface area (Å²) in [5, 5.41) is 4.35. The van der Waals surface area contributed by atoms with E-state index in [0.717, 1.165) is 23.4 Å². The summed E-state index contributed by atoms with van der Waals surface area (Å²) < 4.78 is 29.3. The maximum absolute atomic E-state index is 12.4. The largest absolute Gasteiger partial charge is 0.272 e. The minimum absolute atomic E-state index is 0.278. The molecule has 2 aromatic rings. The summed E-state index contributed by atoms with van der Waals surface area (Å²) in [6.45, 7) is 8.40. The number of aryl methyl sites for hydroxylation is 3. The fourth-order valence-corrected chi connectivity index (χ4v) is 3.42. The predicted molar refractivity (Wildman–Crippen MR) is 82.6 cm³/mol. The molecule has 0 saturated heterocycles. The monoisotopic (exact) mass is 307 g/mol. The molecule has 1 aromatic carbocycles. The summed E-state index contributed by atoms with van der Waals surface area (Å²) in [5.41, 5.74) is 2.77. The number of benzene rings is 1. The molecule has 0 aliphatic carbocycles. The van der Waals surface area contributed by atoms with E-state index in [1.807, 2.05) is 33.9 Å². The van der Waals surface area contributed by atoms with Gasteiger partial charge >= 0.3 is 0 Å². The van der Waals surface area contributed by atoms with Crippen molar-refractivity contribution >= 4 is 10.0 Å². The van der Waals surface area contributed by atoms with E-state index < -0.39 is 10.0 Å². The van der Waals surface area contributed by atoms with E-state index >= 15 is 0 Å². The maximum Gasteiger partial charge on any atom is 0.241 e. The molecule has 114 valence electrons. The number of nitrogens with zero attached hydrogens (tertiary/aromatic N) is 2. The highest BCUT2D eigenvalue weighted by molar-refractivity contribution is 7.89. The molecule has 0 bridgehead atoms. The Hall–Kier alpha value is -1.66. The van der Waals surface area contributed by atoms with Gasteiger partial charge in [0, 0.05) is 24.3 Å². The first-order valence-electron chi connectivity index (χ1n) is 6.96. The molecule has 0 amide bonds. The van der Waals surface area contributed by atoms with Crippen molar-refractivity contribution in [1.29, 1.82) is 0 Å². The number of rotatable bonds is 5. The van der Waals surface area contributed by atoms with Crippen molar-refractivity contribution in [2.45, 2.75) is 45.2 Å². The maximum atomic E-state index is 12.4. The van der Waals surface area contributed by atoms with E-state index in [-0.39, 0.29) is 10.9 Å². The van der Waals surface area contributed by atoms with Crippen molar-refractivity contribution in [2.75, 3.05) is 0 Å². The summed E-state index contributed by atoms with van der Waals surface area (Å²) >= 11 is 0. The molecule has 1 atom stereocenters. The first kappa shape index (κ1) is 15.7. The lowest BCUT2D eigenvalue weighted by molar-refractivity contribution is 0.566. The Kier molecular flexibility index (Phi) is 4.49. The average molecular weight is 307 g/mol. The van der Waals surface area contributed by atoms with Crippen LogP contribution in [0.2, 0.25) is 0 Å². The molecular weight excluding hydrogens is 286 g/mol. The smallest absolute Gasteiger partial charge is 0.241 e. The SMILES string of the molecule is CCn1cc(C(C)NS(=O)(=O)c2ccc(C)cc2)c(C)n1. The Labute approximate surface area is 126 Å². The quantitative estimate of drug-likeness (QED) is 0.923. The Balaban J connectivity index is 2.23. The summed E-state index contributed by atoms with van der Waals surface area (Å²) in [7, 11) is -3.53. The molecule has 0 radical (unpaired) electrons. The fourth-order valence-electron chi connectivity index (χ4n) is 2.20. The van der Waals surface area contributed by atoms with Crippen LogP contribution in [0.1, 0.15) is 36.7 Å². The van der Waals surface area contributed by atoms with E-state index in [1.54, 1.807) is 28.9 Å². The fraction of sp³-hybridized carbons (Fsp3) is 0.400. The van der Waals surface area contributed by atoms with E-state index in [0.29, 0.717) is 0 Å². The molecule has 1 heterocycles. The zero-order valence-corrected chi connectivity index (χ0v) is 13.6. The first-order valence-corrected chi connectivity index (χ1v) is 8.44. The van der Waals surface area contributed by atoms with Gasteiger partial charge in [0.1, 0.15) is 0 Å². The third-order valence-corrected chi connectivity index (χ3v) is 4.99. The summed E-state index contributed by atoms with van der Waals surface area (Å²) in [4.78, 5) is 0.278. The lowest BCUT2D eigenvalue weighted by atomic mass is 10.1. The zero-order valence-electron chi connectivity index (χ0n) is 12.8. The summed E-state index contributed by atoms with van der Waals surface area (Å²) in [6, 6.07) is 6.50. The lowest BCUT2D eigenvalue weighted by Gasteiger charge is -2.13. The molecule has 21 heavy (non-hydrogen) atoms. The van der Waals surface area contributed by atoms with Crippen LogP contribution >= 0.6 is 0 Å². The highest BCUT2D eigenvalue weighted by atomic mass is 32.2. The van der Waals surface area contributed by atoms with Gasteiger partial charge < -0.3 is 0 Å². The van der Waals surface area contributed by atoms with E-state index in [2.05, 4.69) is 9.82 Å². The van der Waals surface area contributed by atoms with E-state index in [9.17, 15) is 8.42 Å². The van der Waals surface area contributed by atoms with E-state index in [4.69, 9.17) is 0 Å². The lowest BCUT2D eigenvalue weighted by Crippen LogP contribution is -2.27. The average Bonchev–Trinajstić information content (AvgIpc) is 2.80. The molecule has 0 aliphatic rings. The molecular formula is C15H21N3O2S. The van der Waals surface area contributed by atoms with Crippen LogP contribution in [-0.4, -0.2) is 18.2 Å². The van der Waals surface area contributed by atoms with Gasteiger partial charge in [-0.25, -0.2) is 13.1 Å². The number of sulfonamides is 1. The number of hydrogen-bond acceptors (Lipinski definition) is 3. The summed E-state index contributed by atoms with van der Waals surface area (Å²) in [6.07, 6.45) is 1.89. The van der Waals surface area contributed by atoms with Gasteiger partial charge in [-0.15, -0.1) is 0 Å². The molecule has 1 unspecified atom stereocenters. The predicted octanol–water partition coefficient (Wildman–Crippen LogP) is 2.56. The molecule has 0 spiro atoms. The van der Waals surface area contributed by atoms with Crippen molar-refractivity contribution in [3.8, 4) is 0 Å². The number of aromatic nitrogens is 2. The van der Waals surface area contributed by atoms with Crippen molar-refractivity contribution in [2.24, 2.45) is 0 Å². The second kappa shape index (κ2) is 5.99. The van der Waals surface area contributed by atoms with Gasteiger partial charge in [0.05, 0.1) is 10.6 Å². The Morgan fingerprint density at radius 3 is 2.38 bits per heavy atom. The van der Waals surface area contributed by atoms with Gasteiger partial charge in [-0.1, -0.05) is 17.7 Å². The first-order chi connectivity index (χ1) is 9.83. The Morgan fingerprint density at radius 1 is 1.24 bits per heavy atom. The van der Waals surface area contributed by atoms with Crippen LogP contribution in [0.3, 0.4) is 0 Å². The Bertz CT molecular complexity index is 718. The van der Waals surface area contributed by atoms with Gasteiger partial charge in [0.15, 0.2) is 0 Å². The van der Waals surface area contributed by atoms with Gasteiger partial charge in [-0.05, 0) is 39.8 Å². The molecule has 1 N–H and O–H groups in total. The van der Waals surface area contributed by atoms with Gasteiger partial charge in [-0.3, -0.25) is 4.68 Å². The minimum atomic E-state index is -3.53. The highest BCUT2D eigenvalue weighted by Crippen LogP contribution is 2.19. The van der Waals surface area contributed by atoms with Crippen LogP contribution in [0.25, 0.3) is 0 Å². The van der Waals surface area contributed by atoms with Crippen LogP contribution in [0, 0.1) is 13.8 Å². The van der Waals surface area contributed by atoms with E-state index in [1.165, 1.54) is 0 Å². The normalized spacial score (nSPS) is 13.3. The van der Waals surface area contributed by atoms with Crippen LogP contribution in [-0.2, 0) is 16.6 Å². The van der Waals surface area contributed by atoms with Crippen LogP contribution in [0.15, 0.2) is 35.4 Å². The molecule has 1 aromatic heterocycles. The van der Waals surface area contributed by atoms with Crippen molar-refractivity contribution < 1.29 is 8.42 Å². The molecule has 5 nitrogen and oxygen atoms in total. The topological polar surface area (TPSA) is 64.0 Å². The second-order valence-corrected chi connectivity index (χ2v) is 6.90. The molecule has 0 aliphatic heterocycles.